The summed E-state index contributed by atoms with van der Waals surface area (Å²) in [4.78, 5) is 29.2. The molecule has 9 rings (SSSR count). The Bertz CT molecular complexity index is 1790. The molecule has 6 aliphatic heterocycles. The number of nitrogens with zero attached hydrogens (tertiary/aromatic N) is 5. The van der Waals surface area contributed by atoms with Gasteiger partial charge in [-0.1, -0.05) is 18.2 Å². The van der Waals surface area contributed by atoms with Crippen molar-refractivity contribution in [1.82, 2.24) is 30.1 Å². The van der Waals surface area contributed by atoms with Gasteiger partial charge in [-0.05, 0) is 81.8 Å². The van der Waals surface area contributed by atoms with Gasteiger partial charge in [0.25, 0.3) is 0 Å². The number of halogens is 3. The van der Waals surface area contributed by atoms with Crippen LogP contribution in [0.5, 0.6) is 0 Å². The van der Waals surface area contributed by atoms with Crippen molar-refractivity contribution in [3.05, 3.63) is 75.9 Å². The minimum Gasteiger partial charge on any atom is -0.444 e. The number of rotatable bonds is 9. The van der Waals surface area contributed by atoms with Crippen molar-refractivity contribution in [3.63, 3.8) is 0 Å². The van der Waals surface area contributed by atoms with E-state index in [0.717, 1.165) is 81.5 Å². The number of aryl methyl sites for hydroxylation is 1. The highest BCUT2D eigenvalue weighted by atomic mass is 19.1. The molecular weight excluding hydrogens is 806 g/mol. The lowest BCUT2D eigenvalue weighted by Gasteiger charge is -2.34. The largest absolute Gasteiger partial charge is 0.444 e. The molecule has 3 unspecified atom stereocenters. The molecule has 6 saturated heterocycles. The first-order chi connectivity index (χ1) is 29.7. The van der Waals surface area contributed by atoms with Crippen LogP contribution in [0.3, 0.4) is 0 Å². The Morgan fingerprint density at radius 3 is 1.65 bits per heavy atom. The first-order valence-corrected chi connectivity index (χ1v) is 21.9. The molecule has 0 radical (unpaired) electrons. The quantitative estimate of drug-likeness (QED) is 0.206. The molecule has 9 heterocycles. The molecule has 0 bridgehead atoms. The molecule has 0 saturated carbocycles. The van der Waals surface area contributed by atoms with Gasteiger partial charge < -0.3 is 35.1 Å². The number of aliphatic hydroxyl groups excluding tert-OH is 1. The average Bonchev–Trinajstić information content (AvgIpc) is 4.02. The summed E-state index contributed by atoms with van der Waals surface area (Å²) in [5.41, 5.74) is 12.4. The number of nitrogens with two attached hydrogens (primary N) is 1. The van der Waals surface area contributed by atoms with E-state index in [2.05, 4.69) is 47.5 Å². The molecule has 342 valence electrons. The number of alkyl halides is 3. The second-order valence-electron chi connectivity index (χ2n) is 17.8. The topological polar surface area (TPSA) is 169 Å². The van der Waals surface area contributed by atoms with Crippen LogP contribution < -0.4 is 16.4 Å². The van der Waals surface area contributed by atoms with Gasteiger partial charge in [0.2, 0.25) is 0 Å². The van der Waals surface area contributed by atoms with Gasteiger partial charge in [-0.2, -0.15) is 0 Å². The number of nitrogens with one attached hydrogen (secondary N) is 2. The van der Waals surface area contributed by atoms with E-state index in [9.17, 15) is 23.1 Å². The van der Waals surface area contributed by atoms with Gasteiger partial charge in [0.15, 0.2) is 0 Å². The smallest absolute Gasteiger partial charge is 0.413 e. The van der Waals surface area contributed by atoms with E-state index in [1.54, 1.807) is 26.8 Å². The molecule has 5 N–H and O–H groups in total. The van der Waals surface area contributed by atoms with E-state index < -0.39 is 30.2 Å². The maximum atomic E-state index is 12.9. The van der Waals surface area contributed by atoms with Crippen LogP contribution in [0.25, 0.3) is 0 Å². The van der Waals surface area contributed by atoms with Crippen LogP contribution >= 0.6 is 0 Å². The van der Waals surface area contributed by atoms with Crippen LogP contribution in [0, 0.1) is 6.92 Å². The van der Waals surface area contributed by atoms with E-state index >= 15 is 0 Å². The molecule has 3 atom stereocenters. The number of nitrogen functional groups attached to an aromatic ring is 1. The molecular formula is C45H65F3N8O6. The van der Waals surface area contributed by atoms with Crippen molar-refractivity contribution in [1.29, 1.82) is 0 Å². The van der Waals surface area contributed by atoms with Gasteiger partial charge in [-0.15, -0.1) is 0 Å². The minimum absolute atomic E-state index is 0.171. The van der Waals surface area contributed by atoms with Crippen molar-refractivity contribution in [2.45, 2.75) is 109 Å². The number of anilines is 2. The maximum absolute atomic E-state index is 12.9. The summed E-state index contributed by atoms with van der Waals surface area (Å²) in [6, 6.07) is 11.7. The third kappa shape index (κ3) is 14.3. The fourth-order valence-electron chi connectivity index (χ4n) is 7.92. The summed E-state index contributed by atoms with van der Waals surface area (Å²) < 4.78 is 58.6. The number of carbonyl (C=O) groups excluding carboxylic acids is 1. The van der Waals surface area contributed by atoms with Crippen molar-refractivity contribution in [3.8, 4) is 0 Å². The number of hydrogen-bond donors (Lipinski definition) is 4. The number of likely N-dealkylation sites (tertiary alicyclic amines) is 2. The lowest BCUT2D eigenvalue weighted by atomic mass is 9.95. The van der Waals surface area contributed by atoms with Gasteiger partial charge in [0.05, 0.1) is 43.5 Å². The van der Waals surface area contributed by atoms with Gasteiger partial charge in [-0.25, -0.2) is 27.9 Å². The molecule has 14 nitrogen and oxygen atoms in total. The van der Waals surface area contributed by atoms with E-state index in [4.69, 9.17) is 24.7 Å². The zero-order valence-electron chi connectivity index (χ0n) is 36.6. The van der Waals surface area contributed by atoms with E-state index in [0.29, 0.717) is 81.6 Å². The second kappa shape index (κ2) is 22.6. The molecule has 3 aromatic rings. The number of hydrogen-bond acceptors (Lipinski definition) is 13. The Kier molecular flexibility index (Phi) is 17.3. The zero-order valence-corrected chi connectivity index (χ0v) is 36.6. The number of amides is 1. The normalized spacial score (nSPS) is 23.1. The van der Waals surface area contributed by atoms with E-state index in [1.165, 1.54) is 11.1 Å². The lowest BCUT2D eigenvalue weighted by Crippen LogP contribution is -2.47. The predicted molar refractivity (Wildman–Crippen MR) is 230 cm³/mol. The standard InChI is InChI=1S/C15H22N2O4.C14H19FN2O.C13H18FN3O.C3H6FN/c1-15(2,3)21-14(19)17-13-5-4-11(12(8-18)16-13)10-6-7-20-9-10;1-10-2-3-13(11-4-5-18-9-11)14(16-10)8-17-6-12(15)7-17;14-10-5-17(6-10)7-12-11(1-2-13(15)16-12)9-3-4-18-8-9;4-3-1-5-2-3/h4-5,10,18H,6-9H2,1-3H3,(H,16,17,19);2-3,11-12H,4-9H2,1H3;1-2,9-10H,3-8H2,(H2,15,16);3,5H,1-2H2. The van der Waals surface area contributed by atoms with E-state index in [-0.39, 0.29) is 12.5 Å². The van der Waals surface area contributed by atoms with Gasteiger partial charge in [0, 0.05) is 95.6 Å². The van der Waals surface area contributed by atoms with Crippen LogP contribution in [0.2, 0.25) is 0 Å². The predicted octanol–water partition coefficient (Wildman–Crippen LogP) is 5.72. The van der Waals surface area contributed by atoms with Crippen molar-refractivity contribution < 1.29 is 42.0 Å². The van der Waals surface area contributed by atoms with Crippen molar-refractivity contribution >= 4 is 17.7 Å². The third-order valence-corrected chi connectivity index (χ3v) is 11.4. The molecule has 3 aromatic heterocycles. The summed E-state index contributed by atoms with van der Waals surface area (Å²) in [6.45, 7) is 16.5. The highest BCUT2D eigenvalue weighted by Crippen LogP contribution is 2.31. The first-order valence-electron chi connectivity index (χ1n) is 21.9. The van der Waals surface area contributed by atoms with Gasteiger partial charge in [0.1, 0.15) is 35.8 Å². The van der Waals surface area contributed by atoms with Crippen LogP contribution in [0.1, 0.15) is 97.3 Å². The Morgan fingerprint density at radius 1 is 0.758 bits per heavy atom. The molecule has 0 aliphatic carbocycles. The van der Waals surface area contributed by atoms with Crippen LogP contribution in [-0.4, -0.2) is 139 Å². The Morgan fingerprint density at radius 2 is 1.23 bits per heavy atom. The molecule has 6 aliphatic rings. The Hall–Kier alpha value is -3.97. The molecule has 1 amide bonds. The summed E-state index contributed by atoms with van der Waals surface area (Å²) >= 11 is 0. The SMILES string of the molecule is CC(C)(C)OC(=O)Nc1ccc(C2CCOC2)c(CO)n1.Cc1ccc(C2CCOC2)c(CN2CC(F)C2)n1.FC1CNC1.Nc1ccc(C2CCOC2)c(CN2CC(F)C2)n1. The Labute approximate surface area is 363 Å². The van der Waals surface area contributed by atoms with Crippen LogP contribution in [0.15, 0.2) is 36.4 Å². The summed E-state index contributed by atoms with van der Waals surface area (Å²) in [5.74, 6) is 2.04. The maximum Gasteiger partial charge on any atom is 0.413 e. The number of aliphatic hydroxyl groups is 1. The van der Waals surface area contributed by atoms with Crippen molar-refractivity contribution in [2.24, 2.45) is 0 Å². The number of aromatic nitrogens is 3. The Balaban J connectivity index is 0.000000147. The van der Waals surface area contributed by atoms with E-state index in [1.807, 2.05) is 25.1 Å². The monoisotopic (exact) mass is 870 g/mol. The molecule has 17 heteroatoms. The number of pyridine rings is 3. The second-order valence-corrected chi connectivity index (χ2v) is 17.8. The van der Waals surface area contributed by atoms with Gasteiger partial charge >= 0.3 is 6.09 Å². The highest BCUT2D eigenvalue weighted by Gasteiger charge is 2.30. The molecule has 0 spiro atoms. The third-order valence-electron chi connectivity index (χ3n) is 11.4. The molecule has 0 aromatic carbocycles. The molecule has 62 heavy (non-hydrogen) atoms. The average molecular weight is 871 g/mol. The lowest BCUT2D eigenvalue weighted by molar-refractivity contribution is 0.0575. The van der Waals surface area contributed by atoms with Gasteiger partial charge in [-0.3, -0.25) is 20.1 Å². The zero-order chi connectivity index (χ0) is 44.2. The summed E-state index contributed by atoms with van der Waals surface area (Å²) in [5, 5.41) is 14.8. The minimum atomic E-state index is -0.677. The number of carbonyl (C=O) groups is 1. The molecule has 6 fully saturated rings. The summed E-state index contributed by atoms with van der Waals surface area (Å²) in [7, 11) is 0. The van der Waals surface area contributed by atoms with Crippen molar-refractivity contribution in [2.75, 3.05) is 90.0 Å². The fraction of sp³-hybridized carbons (Fsp3) is 0.644. The van der Waals surface area contributed by atoms with Crippen LogP contribution in [-0.2, 0) is 38.6 Å². The fourth-order valence-corrected chi connectivity index (χ4v) is 7.92. The first kappa shape index (κ1) is 47.5. The number of ether oxygens (including phenoxy) is 4. The summed E-state index contributed by atoms with van der Waals surface area (Å²) in [6.07, 6.45) is 0.602. The van der Waals surface area contributed by atoms with Crippen LogP contribution in [0.4, 0.5) is 29.6 Å². The highest BCUT2D eigenvalue weighted by molar-refractivity contribution is 5.83.